The molecule has 1 heterocycles. The molecule has 0 saturated carbocycles. The molecule has 0 aromatic heterocycles. The minimum Gasteiger partial charge on any atom is -0.493 e. The van der Waals surface area contributed by atoms with Crippen molar-refractivity contribution in [3.05, 3.63) is 57.2 Å². The van der Waals surface area contributed by atoms with Gasteiger partial charge < -0.3 is 19.3 Å². The van der Waals surface area contributed by atoms with Gasteiger partial charge in [0.25, 0.3) is 0 Å². The standard InChI is InChI=1S/C32H51O6P/c1-23(2)13-9-14-24(3)15-10-16-25(4)17-11-19-32(8)20-18-29-28(7)30(26(5)27(6)31(29)38-32)36-21-12-22-37-39(33,34)35/h13,15,17H,9-12,14,16,18-22H2,1-8H3,(H2,33,34,35)/b24-15+,25-17+/t32-/m1/s1. The summed E-state index contributed by atoms with van der Waals surface area (Å²) in [6.45, 7) is 17.5. The van der Waals surface area contributed by atoms with Crippen LogP contribution >= 0.6 is 7.82 Å². The number of hydrogen-bond donors (Lipinski definition) is 2. The lowest BCUT2D eigenvalue weighted by Gasteiger charge is -2.38. The Morgan fingerprint density at radius 3 is 2.15 bits per heavy atom. The molecule has 6 nitrogen and oxygen atoms in total. The number of rotatable bonds is 15. The van der Waals surface area contributed by atoms with Crippen LogP contribution in [0.25, 0.3) is 0 Å². The third kappa shape index (κ3) is 11.3. The Morgan fingerprint density at radius 1 is 0.923 bits per heavy atom. The predicted molar refractivity (Wildman–Crippen MR) is 161 cm³/mol. The molecule has 2 rings (SSSR count). The predicted octanol–water partition coefficient (Wildman–Crippen LogP) is 8.77. The lowest BCUT2D eigenvalue weighted by atomic mass is 9.85. The van der Waals surface area contributed by atoms with Gasteiger partial charge in [-0.2, -0.15) is 0 Å². The molecule has 1 aliphatic heterocycles. The van der Waals surface area contributed by atoms with Crippen LogP contribution in [0.2, 0.25) is 0 Å². The van der Waals surface area contributed by atoms with Gasteiger partial charge in [-0.1, -0.05) is 34.9 Å². The van der Waals surface area contributed by atoms with Crippen molar-refractivity contribution in [3.8, 4) is 11.5 Å². The molecule has 1 aromatic carbocycles. The van der Waals surface area contributed by atoms with E-state index < -0.39 is 7.82 Å². The van der Waals surface area contributed by atoms with Gasteiger partial charge in [0.2, 0.25) is 0 Å². The molecular weight excluding hydrogens is 511 g/mol. The highest BCUT2D eigenvalue weighted by Crippen LogP contribution is 2.45. The third-order valence-electron chi connectivity index (χ3n) is 7.65. The Bertz CT molecular complexity index is 1110. The van der Waals surface area contributed by atoms with Crippen molar-refractivity contribution >= 4 is 7.82 Å². The van der Waals surface area contributed by atoms with E-state index in [0.29, 0.717) is 13.0 Å². The highest BCUT2D eigenvalue weighted by atomic mass is 31.2. The van der Waals surface area contributed by atoms with Gasteiger partial charge in [-0.05, 0) is 123 Å². The van der Waals surface area contributed by atoms with Gasteiger partial charge in [-0.3, -0.25) is 4.52 Å². The number of allylic oxidation sites excluding steroid dienone is 6. The molecule has 0 saturated heterocycles. The van der Waals surface area contributed by atoms with Crippen LogP contribution in [0.3, 0.4) is 0 Å². The van der Waals surface area contributed by atoms with Gasteiger partial charge in [0.1, 0.15) is 17.1 Å². The van der Waals surface area contributed by atoms with E-state index >= 15 is 0 Å². The molecule has 1 atom stereocenters. The van der Waals surface area contributed by atoms with E-state index in [1.807, 2.05) is 6.92 Å². The van der Waals surface area contributed by atoms with Crippen molar-refractivity contribution in [1.82, 2.24) is 0 Å². The maximum atomic E-state index is 10.8. The second-order valence-electron chi connectivity index (χ2n) is 11.6. The maximum Gasteiger partial charge on any atom is 0.469 e. The molecule has 39 heavy (non-hydrogen) atoms. The summed E-state index contributed by atoms with van der Waals surface area (Å²) in [4.78, 5) is 17.7. The van der Waals surface area contributed by atoms with E-state index in [1.165, 1.54) is 22.3 Å². The van der Waals surface area contributed by atoms with Crippen molar-refractivity contribution in [2.45, 2.75) is 119 Å². The first-order valence-corrected chi connectivity index (χ1v) is 15.8. The number of hydrogen-bond acceptors (Lipinski definition) is 4. The molecule has 220 valence electrons. The average molecular weight is 563 g/mol. The van der Waals surface area contributed by atoms with Crippen LogP contribution in [-0.4, -0.2) is 28.6 Å². The Balaban J connectivity index is 1.92. The maximum absolute atomic E-state index is 10.8. The molecule has 0 spiro atoms. The summed E-state index contributed by atoms with van der Waals surface area (Å²) in [7, 11) is -4.44. The van der Waals surface area contributed by atoms with E-state index in [2.05, 4.69) is 71.2 Å². The highest BCUT2D eigenvalue weighted by Gasteiger charge is 2.34. The first-order valence-electron chi connectivity index (χ1n) is 14.3. The van der Waals surface area contributed by atoms with Crippen molar-refractivity contribution in [2.75, 3.05) is 13.2 Å². The molecule has 0 bridgehead atoms. The first-order chi connectivity index (χ1) is 18.2. The smallest absolute Gasteiger partial charge is 0.469 e. The number of phosphoric ester groups is 1. The van der Waals surface area contributed by atoms with Crippen LogP contribution in [0.5, 0.6) is 11.5 Å². The zero-order chi connectivity index (χ0) is 29.2. The van der Waals surface area contributed by atoms with E-state index in [0.717, 1.165) is 79.6 Å². The SMILES string of the molecule is CC(C)=CCC/C(C)=C/CC/C(C)=C/CC[C@]1(C)CCc2c(C)c(OCCCOP(=O)(O)O)c(C)c(C)c2O1. The normalized spacial score (nSPS) is 18.0. The third-order valence-corrected chi connectivity index (χ3v) is 8.17. The summed E-state index contributed by atoms with van der Waals surface area (Å²) in [5.41, 5.74) is 8.55. The van der Waals surface area contributed by atoms with Crippen molar-refractivity contribution < 1.29 is 28.3 Å². The Morgan fingerprint density at radius 2 is 1.54 bits per heavy atom. The fourth-order valence-corrected chi connectivity index (χ4v) is 5.42. The number of phosphoric acid groups is 1. The largest absolute Gasteiger partial charge is 0.493 e. The van der Waals surface area contributed by atoms with E-state index in [1.54, 1.807) is 0 Å². The number of benzene rings is 1. The molecule has 1 aromatic rings. The Labute approximate surface area is 236 Å². The van der Waals surface area contributed by atoms with E-state index in [9.17, 15) is 4.57 Å². The van der Waals surface area contributed by atoms with Crippen molar-refractivity contribution in [3.63, 3.8) is 0 Å². The summed E-state index contributed by atoms with van der Waals surface area (Å²) < 4.78 is 28.1. The van der Waals surface area contributed by atoms with Gasteiger partial charge in [0.05, 0.1) is 13.2 Å². The zero-order valence-corrected chi connectivity index (χ0v) is 26.4. The van der Waals surface area contributed by atoms with Crippen LogP contribution in [-0.2, 0) is 15.5 Å². The van der Waals surface area contributed by atoms with E-state index in [-0.39, 0.29) is 12.2 Å². The molecular formula is C32H51O6P. The van der Waals surface area contributed by atoms with Crippen LogP contribution in [0, 0.1) is 20.8 Å². The molecule has 7 heteroatoms. The quantitative estimate of drug-likeness (QED) is 0.126. The Hall–Kier alpha value is -1.85. The van der Waals surface area contributed by atoms with Gasteiger partial charge in [0.15, 0.2) is 0 Å². The molecule has 0 amide bonds. The summed E-state index contributed by atoms with van der Waals surface area (Å²) in [5.74, 6) is 1.83. The van der Waals surface area contributed by atoms with Crippen LogP contribution in [0.1, 0.15) is 108 Å². The molecule has 2 N–H and O–H groups in total. The summed E-state index contributed by atoms with van der Waals surface area (Å²) in [5, 5.41) is 0. The number of fused-ring (bicyclic) bond motifs is 1. The minimum atomic E-state index is -4.44. The second-order valence-corrected chi connectivity index (χ2v) is 12.8. The monoisotopic (exact) mass is 562 g/mol. The summed E-state index contributed by atoms with van der Waals surface area (Å²) in [6.07, 6.45) is 15.8. The molecule has 0 unspecified atom stereocenters. The van der Waals surface area contributed by atoms with Crippen LogP contribution in [0.15, 0.2) is 34.9 Å². The minimum absolute atomic E-state index is 0.0470. The fourth-order valence-electron chi connectivity index (χ4n) is 5.05. The molecule has 0 radical (unpaired) electrons. The second kappa shape index (κ2) is 15.2. The zero-order valence-electron chi connectivity index (χ0n) is 25.5. The van der Waals surface area contributed by atoms with Gasteiger partial charge in [-0.15, -0.1) is 0 Å². The summed E-state index contributed by atoms with van der Waals surface area (Å²) >= 11 is 0. The summed E-state index contributed by atoms with van der Waals surface area (Å²) in [6, 6.07) is 0. The lowest BCUT2D eigenvalue weighted by molar-refractivity contribution is 0.0557. The van der Waals surface area contributed by atoms with E-state index in [4.69, 9.17) is 19.3 Å². The van der Waals surface area contributed by atoms with Crippen molar-refractivity contribution in [1.29, 1.82) is 0 Å². The fraction of sp³-hybridized carbons (Fsp3) is 0.625. The molecule has 0 aliphatic carbocycles. The van der Waals surface area contributed by atoms with Gasteiger partial charge >= 0.3 is 7.82 Å². The number of ether oxygens (including phenoxy) is 2. The highest BCUT2D eigenvalue weighted by molar-refractivity contribution is 7.46. The Kier molecular flexibility index (Phi) is 13.0. The molecule has 1 aliphatic rings. The lowest BCUT2D eigenvalue weighted by Crippen LogP contribution is -2.37. The topological polar surface area (TPSA) is 85.2 Å². The van der Waals surface area contributed by atoms with Crippen LogP contribution in [0.4, 0.5) is 0 Å². The van der Waals surface area contributed by atoms with Gasteiger partial charge in [0, 0.05) is 12.0 Å². The van der Waals surface area contributed by atoms with Crippen molar-refractivity contribution in [2.24, 2.45) is 0 Å². The van der Waals surface area contributed by atoms with Gasteiger partial charge in [-0.25, -0.2) is 4.57 Å². The molecule has 0 fully saturated rings. The first kappa shape index (κ1) is 33.4. The average Bonchev–Trinajstić information content (AvgIpc) is 2.83. The van der Waals surface area contributed by atoms with Crippen LogP contribution < -0.4 is 9.47 Å².